The summed E-state index contributed by atoms with van der Waals surface area (Å²) in [5.41, 5.74) is 1.54. The van der Waals surface area contributed by atoms with Crippen LogP contribution in [0.2, 0.25) is 0 Å². The van der Waals surface area contributed by atoms with Gasteiger partial charge in [0.05, 0.1) is 17.7 Å². The number of imide groups is 1. The summed E-state index contributed by atoms with van der Waals surface area (Å²) in [5.74, 6) is -1.40. The van der Waals surface area contributed by atoms with Gasteiger partial charge in [-0.25, -0.2) is 0 Å². The second-order valence-electron chi connectivity index (χ2n) is 6.21. The van der Waals surface area contributed by atoms with Crippen molar-refractivity contribution in [3.05, 3.63) is 64.7 Å². The quantitative estimate of drug-likeness (QED) is 0.416. The van der Waals surface area contributed by atoms with Crippen LogP contribution in [0.25, 0.3) is 0 Å². The van der Waals surface area contributed by atoms with Gasteiger partial charge in [-0.2, -0.15) is 0 Å². The molecule has 0 saturated carbocycles. The standard InChI is InChI=1S/C21H19NO6/c1-3-27-18-9-8-14(13(2)23)10-15(18)12-28-19(24)11-22-20(25)16-6-4-5-7-17(16)21(22)26/h4-10H,3,11-12H2,1-2H3. The van der Waals surface area contributed by atoms with Crippen molar-refractivity contribution in [2.45, 2.75) is 20.5 Å². The Morgan fingerprint density at radius 3 is 2.21 bits per heavy atom. The number of ether oxygens (including phenoxy) is 2. The molecular formula is C21H19NO6. The highest BCUT2D eigenvalue weighted by Crippen LogP contribution is 2.24. The Labute approximate surface area is 161 Å². The molecule has 2 aromatic rings. The van der Waals surface area contributed by atoms with Crippen molar-refractivity contribution in [3.63, 3.8) is 0 Å². The average Bonchev–Trinajstić information content (AvgIpc) is 2.92. The van der Waals surface area contributed by atoms with Gasteiger partial charge in [0.15, 0.2) is 5.78 Å². The van der Waals surface area contributed by atoms with Crippen molar-refractivity contribution in [2.75, 3.05) is 13.2 Å². The third-order valence-electron chi connectivity index (χ3n) is 4.32. The third-order valence-corrected chi connectivity index (χ3v) is 4.32. The van der Waals surface area contributed by atoms with Crippen molar-refractivity contribution in [3.8, 4) is 5.75 Å². The van der Waals surface area contributed by atoms with E-state index >= 15 is 0 Å². The van der Waals surface area contributed by atoms with E-state index in [0.29, 0.717) is 23.5 Å². The summed E-state index contributed by atoms with van der Waals surface area (Å²) in [7, 11) is 0. The average molecular weight is 381 g/mol. The van der Waals surface area contributed by atoms with Crippen LogP contribution >= 0.6 is 0 Å². The number of carbonyl (C=O) groups excluding carboxylic acids is 4. The van der Waals surface area contributed by atoms with Crippen molar-refractivity contribution >= 4 is 23.6 Å². The van der Waals surface area contributed by atoms with Crippen LogP contribution < -0.4 is 4.74 Å². The number of carbonyl (C=O) groups is 4. The van der Waals surface area contributed by atoms with Gasteiger partial charge in [-0.1, -0.05) is 12.1 Å². The largest absolute Gasteiger partial charge is 0.493 e. The molecular weight excluding hydrogens is 362 g/mol. The second kappa shape index (κ2) is 8.04. The Morgan fingerprint density at radius 2 is 1.64 bits per heavy atom. The Balaban J connectivity index is 1.68. The molecule has 7 heteroatoms. The van der Waals surface area contributed by atoms with Gasteiger partial charge in [0.1, 0.15) is 18.9 Å². The highest BCUT2D eigenvalue weighted by molar-refractivity contribution is 6.22. The lowest BCUT2D eigenvalue weighted by Gasteiger charge is -2.15. The fourth-order valence-electron chi connectivity index (χ4n) is 2.92. The predicted molar refractivity (Wildman–Crippen MR) is 99.2 cm³/mol. The lowest BCUT2D eigenvalue weighted by atomic mass is 10.1. The zero-order chi connectivity index (χ0) is 20.3. The molecule has 28 heavy (non-hydrogen) atoms. The summed E-state index contributed by atoms with van der Waals surface area (Å²) in [5, 5.41) is 0. The van der Waals surface area contributed by atoms with Gasteiger partial charge >= 0.3 is 5.97 Å². The van der Waals surface area contributed by atoms with Gasteiger partial charge < -0.3 is 9.47 Å². The zero-order valence-corrected chi connectivity index (χ0v) is 15.6. The van der Waals surface area contributed by atoms with Crippen LogP contribution in [0.3, 0.4) is 0 Å². The number of nitrogens with zero attached hydrogens (tertiary/aromatic N) is 1. The summed E-state index contributed by atoms with van der Waals surface area (Å²) in [6.07, 6.45) is 0. The lowest BCUT2D eigenvalue weighted by Crippen LogP contribution is -2.35. The number of hydrogen-bond acceptors (Lipinski definition) is 6. The molecule has 0 N–H and O–H groups in total. The van der Waals surface area contributed by atoms with Crippen LogP contribution in [-0.2, 0) is 16.1 Å². The monoisotopic (exact) mass is 381 g/mol. The first-order chi connectivity index (χ1) is 13.4. The number of amides is 2. The molecule has 0 unspecified atom stereocenters. The molecule has 0 aliphatic carbocycles. The minimum Gasteiger partial charge on any atom is -0.493 e. The van der Waals surface area contributed by atoms with Crippen LogP contribution in [0.1, 0.15) is 50.5 Å². The number of rotatable bonds is 7. The summed E-state index contributed by atoms with van der Waals surface area (Å²) < 4.78 is 10.7. The van der Waals surface area contributed by atoms with E-state index in [1.807, 2.05) is 6.92 Å². The molecule has 1 aliphatic rings. The molecule has 0 atom stereocenters. The van der Waals surface area contributed by atoms with Gasteiger partial charge in [0, 0.05) is 11.1 Å². The molecule has 0 spiro atoms. The number of esters is 1. The first kappa shape index (κ1) is 19.3. The maximum Gasteiger partial charge on any atom is 0.326 e. The van der Waals surface area contributed by atoms with Crippen molar-refractivity contribution in [2.24, 2.45) is 0 Å². The third kappa shape index (κ3) is 3.78. The van der Waals surface area contributed by atoms with E-state index < -0.39 is 24.3 Å². The molecule has 2 aromatic carbocycles. The van der Waals surface area contributed by atoms with Gasteiger partial charge in [0.2, 0.25) is 0 Å². The summed E-state index contributed by atoms with van der Waals surface area (Å²) >= 11 is 0. The Kier molecular flexibility index (Phi) is 5.54. The van der Waals surface area contributed by atoms with E-state index in [1.54, 1.807) is 42.5 Å². The molecule has 7 nitrogen and oxygen atoms in total. The molecule has 1 aliphatic heterocycles. The highest BCUT2D eigenvalue weighted by atomic mass is 16.5. The summed E-state index contributed by atoms with van der Waals surface area (Å²) in [4.78, 5) is 49.3. The lowest BCUT2D eigenvalue weighted by molar-refractivity contribution is -0.145. The fourth-order valence-corrected chi connectivity index (χ4v) is 2.92. The maximum absolute atomic E-state index is 12.3. The number of fused-ring (bicyclic) bond motifs is 1. The summed E-state index contributed by atoms with van der Waals surface area (Å²) in [6, 6.07) is 11.3. The molecule has 0 saturated heterocycles. The number of benzene rings is 2. The number of hydrogen-bond donors (Lipinski definition) is 0. The minimum absolute atomic E-state index is 0.123. The topological polar surface area (TPSA) is 90.0 Å². The van der Waals surface area contributed by atoms with Crippen molar-refractivity contribution < 1.29 is 28.7 Å². The SMILES string of the molecule is CCOc1ccc(C(C)=O)cc1COC(=O)CN1C(=O)c2ccccc2C1=O. The Bertz CT molecular complexity index is 930. The predicted octanol–water partition coefficient (Wildman–Crippen LogP) is 2.63. The van der Waals surface area contributed by atoms with Crippen molar-refractivity contribution in [1.29, 1.82) is 0 Å². The second-order valence-corrected chi connectivity index (χ2v) is 6.21. The minimum atomic E-state index is -0.731. The Morgan fingerprint density at radius 1 is 1.00 bits per heavy atom. The molecule has 2 amide bonds. The first-order valence-corrected chi connectivity index (χ1v) is 8.80. The molecule has 3 rings (SSSR count). The maximum atomic E-state index is 12.3. The summed E-state index contributed by atoms with van der Waals surface area (Å²) in [6.45, 7) is 3.04. The van der Waals surface area contributed by atoms with E-state index in [-0.39, 0.29) is 23.5 Å². The molecule has 144 valence electrons. The van der Waals surface area contributed by atoms with E-state index in [4.69, 9.17) is 9.47 Å². The molecule has 0 aromatic heterocycles. The first-order valence-electron chi connectivity index (χ1n) is 8.80. The number of Topliss-reactive ketones (excluding diaryl/α,β-unsaturated/α-hetero) is 1. The normalized spacial score (nSPS) is 12.7. The number of ketones is 1. The van der Waals surface area contributed by atoms with Crippen LogP contribution in [0.4, 0.5) is 0 Å². The molecule has 0 radical (unpaired) electrons. The smallest absolute Gasteiger partial charge is 0.326 e. The van der Waals surface area contributed by atoms with Crippen LogP contribution in [0.15, 0.2) is 42.5 Å². The molecule has 0 bridgehead atoms. The van der Waals surface area contributed by atoms with E-state index in [0.717, 1.165) is 4.90 Å². The van der Waals surface area contributed by atoms with E-state index in [9.17, 15) is 19.2 Å². The van der Waals surface area contributed by atoms with Gasteiger partial charge in [-0.3, -0.25) is 24.1 Å². The van der Waals surface area contributed by atoms with Crippen molar-refractivity contribution in [1.82, 2.24) is 4.90 Å². The van der Waals surface area contributed by atoms with E-state index in [1.165, 1.54) is 6.92 Å². The fraction of sp³-hybridized carbons (Fsp3) is 0.238. The van der Waals surface area contributed by atoms with Gasteiger partial charge in [-0.05, 0) is 44.2 Å². The van der Waals surface area contributed by atoms with Crippen LogP contribution in [-0.4, -0.2) is 41.6 Å². The molecule has 0 fully saturated rings. The van der Waals surface area contributed by atoms with Crippen LogP contribution in [0.5, 0.6) is 5.75 Å². The van der Waals surface area contributed by atoms with E-state index in [2.05, 4.69) is 0 Å². The van der Waals surface area contributed by atoms with Gasteiger partial charge in [-0.15, -0.1) is 0 Å². The molecule has 1 heterocycles. The Hall–Kier alpha value is -3.48. The zero-order valence-electron chi connectivity index (χ0n) is 15.6. The van der Waals surface area contributed by atoms with Crippen LogP contribution in [0, 0.1) is 0 Å². The highest BCUT2D eigenvalue weighted by Gasteiger charge is 2.36. The van der Waals surface area contributed by atoms with Gasteiger partial charge in [0.25, 0.3) is 11.8 Å².